The molecule has 4 aromatic carbocycles. The first-order chi connectivity index (χ1) is 16.0. The van der Waals surface area contributed by atoms with Crippen LogP contribution in [0.25, 0.3) is 21.5 Å². The molecule has 0 aromatic heterocycles. The Hall–Kier alpha value is -1.46. The van der Waals surface area contributed by atoms with Gasteiger partial charge in [0.2, 0.25) is 0 Å². The molecule has 206 valence electrons. The second-order valence-corrected chi connectivity index (χ2v) is 10.9. The van der Waals surface area contributed by atoms with Gasteiger partial charge in [0.05, 0.1) is 0 Å². The van der Waals surface area contributed by atoms with E-state index in [0.29, 0.717) is 23.7 Å². The first kappa shape index (κ1) is 37.7. The van der Waals surface area contributed by atoms with Crippen molar-refractivity contribution in [3.63, 3.8) is 0 Å². The van der Waals surface area contributed by atoms with Crippen LogP contribution < -0.4 is 0 Å². The molecule has 0 aliphatic rings. The summed E-state index contributed by atoms with van der Waals surface area (Å²) in [5.74, 6) is 2.42. The fourth-order valence-electron chi connectivity index (χ4n) is 4.67. The quantitative estimate of drug-likeness (QED) is 0.212. The Balaban J connectivity index is 0. The van der Waals surface area contributed by atoms with E-state index in [9.17, 15) is 0 Å². The summed E-state index contributed by atoms with van der Waals surface area (Å²) in [4.78, 5) is 0. The Morgan fingerprint density at radius 3 is 1.05 bits per heavy atom. The molecule has 0 fully saturated rings. The molecule has 0 nitrogen and oxygen atoms in total. The fraction of sp³-hybridized carbons (Fsp3) is 0.417. The predicted octanol–water partition coefficient (Wildman–Crippen LogP) is 12.0. The van der Waals surface area contributed by atoms with Crippen LogP contribution in [0, 0.1) is 35.6 Å². The number of fused-ring (bicyclic) bond motifs is 2. The summed E-state index contributed by atoms with van der Waals surface area (Å²) in [7, 11) is 0. The Labute approximate surface area is 250 Å². The second kappa shape index (κ2) is 16.5. The SMILES string of the molecule is Cc1cc2c(C(C)C)cc(C(C)C)cc2[cH-]1.Cc1cc2c(C(C)C)cc(C(C)C)cc2[cH-]1.[CH2-]C.[CH3-].[CH3-].[Zr]. The Morgan fingerprint density at radius 1 is 0.514 bits per heavy atom. The molecule has 0 N–H and O–H groups in total. The van der Waals surface area contributed by atoms with Crippen molar-refractivity contribution in [1.82, 2.24) is 0 Å². The maximum absolute atomic E-state index is 3.25. The Bertz CT molecular complexity index is 1100. The molecule has 0 saturated heterocycles. The van der Waals surface area contributed by atoms with Gasteiger partial charge in [-0.1, -0.05) is 104 Å². The zero-order valence-electron chi connectivity index (χ0n) is 26.1. The van der Waals surface area contributed by atoms with Crippen LogP contribution in [-0.4, -0.2) is 0 Å². The zero-order valence-corrected chi connectivity index (χ0v) is 28.6. The number of hydrogen-bond acceptors (Lipinski definition) is 0. The van der Waals surface area contributed by atoms with E-state index in [1.54, 1.807) is 6.92 Å². The van der Waals surface area contributed by atoms with Gasteiger partial charge in [-0.2, -0.15) is 19.1 Å². The third-order valence-electron chi connectivity index (χ3n) is 6.62. The van der Waals surface area contributed by atoms with Gasteiger partial charge in [-0.25, -0.2) is 0 Å². The number of aryl methyl sites for hydroxylation is 2. The average Bonchev–Trinajstić information content (AvgIpc) is 3.33. The Morgan fingerprint density at radius 2 is 0.811 bits per heavy atom. The molecule has 0 aliphatic heterocycles. The second-order valence-electron chi connectivity index (χ2n) is 10.9. The van der Waals surface area contributed by atoms with E-state index in [1.807, 2.05) is 0 Å². The maximum atomic E-state index is 3.25. The molecule has 4 rings (SSSR count). The predicted molar refractivity (Wildman–Crippen MR) is 169 cm³/mol. The van der Waals surface area contributed by atoms with Gasteiger partial charge in [0.1, 0.15) is 0 Å². The topological polar surface area (TPSA) is 0 Å². The van der Waals surface area contributed by atoms with Crippen LogP contribution in [0.1, 0.15) is 119 Å². The van der Waals surface area contributed by atoms with Crippen LogP contribution in [0.15, 0.2) is 48.5 Å². The largest absolute Gasteiger partial charge is 0.358 e. The minimum absolute atomic E-state index is 0. The minimum Gasteiger partial charge on any atom is -0.358 e. The van der Waals surface area contributed by atoms with Gasteiger partial charge in [-0.3, -0.25) is 0 Å². The van der Waals surface area contributed by atoms with Gasteiger partial charge in [0.15, 0.2) is 0 Å². The molecule has 0 aliphatic carbocycles. The van der Waals surface area contributed by atoms with Crippen molar-refractivity contribution >= 4 is 21.5 Å². The monoisotopic (exact) mass is 575 g/mol. The first-order valence-corrected chi connectivity index (χ1v) is 13.1. The van der Waals surface area contributed by atoms with Crippen LogP contribution in [0.2, 0.25) is 0 Å². The minimum atomic E-state index is 0. The fourth-order valence-corrected chi connectivity index (χ4v) is 4.67. The van der Waals surface area contributed by atoms with Gasteiger partial charge in [0.25, 0.3) is 0 Å². The molecule has 4 aromatic rings. The number of benzene rings is 2. The molecule has 0 atom stereocenters. The summed E-state index contributed by atoms with van der Waals surface area (Å²) >= 11 is 0. The maximum Gasteiger partial charge on any atom is 0 e. The van der Waals surface area contributed by atoms with Crippen molar-refractivity contribution in [1.29, 1.82) is 0 Å². The molecule has 0 unspecified atom stereocenters. The molecule has 1 heteroatoms. The molecule has 0 amide bonds. The van der Waals surface area contributed by atoms with Crippen LogP contribution in [0.3, 0.4) is 0 Å². The van der Waals surface area contributed by atoms with Gasteiger partial charge in [0, 0.05) is 26.2 Å². The summed E-state index contributed by atoms with van der Waals surface area (Å²) in [6, 6.07) is 18.7. The normalized spacial score (nSPS) is 10.5. The van der Waals surface area contributed by atoms with Crippen molar-refractivity contribution in [2.75, 3.05) is 0 Å². The number of rotatable bonds is 4. The van der Waals surface area contributed by atoms with Crippen LogP contribution in [0.4, 0.5) is 0 Å². The van der Waals surface area contributed by atoms with Crippen LogP contribution in [0.5, 0.6) is 0 Å². The van der Waals surface area contributed by atoms with Crippen molar-refractivity contribution < 1.29 is 26.2 Å². The van der Waals surface area contributed by atoms with E-state index in [-0.39, 0.29) is 41.1 Å². The summed E-state index contributed by atoms with van der Waals surface area (Å²) in [6.45, 7) is 27.5. The molecule has 0 heterocycles. The zero-order chi connectivity index (χ0) is 25.7. The summed E-state index contributed by atoms with van der Waals surface area (Å²) in [5, 5.41) is 5.70. The number of hydrogen-bond donors (Lipinski definition) is 0. The molecule has 0 bridgehead atoms. The molecule has 0 spiro atoms. The van der Waals surface area contributed by atoms with Crippen molar-refractivity contribution in [2.45, 2.75) is 99.8 Å². The van der Waals surface area contributed by atoms with E-state index < -0.39 is 0 Å². The third kappa shape index (κ3) is 9.35. The van der Waals surface area contributed by atoms with Crippen LogP contribution >= 0.6 is 0 Å². The average molecular weight is 577 g/mol. The molecular formula is C36H53Zr-5. The van der Waals surface area contributed by atoms with Gasteiger partial charge in [-0.15, -0.1) is 56.9 Å². The Kier molecular flexibility index (Phi) is 16.8. The third-order valence-corrected chi connectivity index (χ3v) is 6.62. The first-order valence-electron chi connectivity index (χ1n) is 13.1. The summed E-state index contributed by atoms with van der Waals surface area (Å²) in [5.41, 5.74) is 8.66. The smallest absolute Gasteiger partial charge is 0 e. The summed E-state index contributed by atoms with van der Waals surface area (Å²) in [6.07, 6.45) is 0. The van der Waals surface area contributed by atoms with E-state index in [1.165, 1.54) is 54.9 Å². The van der Waals surface area contributed by atoms with Crippen molar-refractivity contribution in [3.8, 4) is 0 Å². The molecule has 0 saturated carbocycles. The van der Waals surface area contributed by atoms with E-state index in [0.717, 1.165) is 0 Å². The molecule has 0 radical (unpaired) electrons. The standard InChI is InChI=1S/2C16H21.C2H5.2CH3.Zr/c2*1-10(2)13-8-14-6-12(5)7-16(14)15(9-13)11(3)4;1-2;;;/h2*6-11H,1-5H3;1H2,2H3;2*1H3;/q5*-1;. The van der Waals surface area contributed by atoms with Crippen molar-refractivity contribution in [3.05, 3.63) is 104 Å². The van der Waals surface area contributed by atoms with E-state index in [4.69, 9.17) is 0 Å². The van der Waals surface area contributed by atoms with Gasteiger partial charge < -0.3 is 21.8 Å². The van der Waals surface area contributed by atoms with E-state index in [2.05, 4.69) is 125 Å². The van der Waals surface area contributed by atoms with Crippen LogP contribution in [-0.2, 0) is 26.2 Å². The van der Waals surface area contributed by atoms with Gasteiger partial charge >= 0.3 is 0 Å². The van der Waals surface area contributed by atoms with Gasteiger partial charge in [-0.05, 0) is 23.7 Å². The molecular weight excluding hydrogens is 524 g/mol. The van der Waals surface area contributed by atoms with Crippen molar-refractivity contribution in [2.24, 2.45) is 0 Å². The summed E-state index contributed by atoms with van der Waals surface area (Å²) < 4.78 is 0. The molecule has 37 heavy (non-hydrogen) atoms. The van der Waals surface area contributed by atoms with E-state index >= 15 is 0 Å².